The predicted octanol–water partition coefficient (Wildman–Crippen LogP) is 3.10. The van der Waals surface area contributed by atoms with Crippen molar-refractivity contribution >= 4 is 11.8 Å². The lowest BCUT2D eigenvalue weighted by atomic mass is 10.1. The van der Waals surface area contributed by atoms with E-state index in [2.05, 4.69) is 4.90 Å². The number of carbonyl (C=O) groups is 1. The van der Waals surface area contributed by atoms with Crippen molar-refractivity contribution in [2.24, 2.45) is 0 Å². The van der Waals surface area contributed by atoms with Crippen molar-refractivity contribution < 1.29 is 23.1 Å². The molecule has 138 valence electrons. The second-order valence-corrected chi connectivity index (χ2v) is 6.58. The van der Waals surface area contributed by atoms with E-state index in [0.29, 0.717) is 38.4 Å². The Morgan fingerprint density at radius 3 is 2.24 bits per heavy atom. The number of carboxylic acid groups (broad SMARTS) is 1. The van der Waals surface area contributed by atoms with E-state index in [0.717, 1.165) is 37.6 Å². The van der Waals surface area contributed by atoms with E-state index in [1.54, 1.807) is 6.07 Å². The monoisotopic (exact) mass is 357 g/mol. The number of rotatable bonds is 3. The van der Waals surface area contributed by atoms with Gasteiger partial charge >= 0.3 is 12.3 Å². The molecule has 2 aliphatic heterocycles. The molecule has 25 heavy (non-hydrogen) atoms. The largest absolute Gasteiger partial charge is 0.465 e. The molecule has 0 atom stereocenters. The highest BCUT2D eigenvalue weighted by molar-refractivity contribution is 5.65. The van der Waals surface area contributed by atoms with Gasteiger partial charge in [0.2, 0.25) is 0 Å². The third-order valence-electron chi connectivity index (χ3n) is 4.90. The highest BCUT2D eigenvalue weighted by atomic mass is 19.4. The number of anilines is 1. The van der Waals surface area contributed by atoms with E-state index >= 15 is 0 Å². The van der Waals surface area contributed by atoms with Crippen molar-refractivity contribution in [2.45, 2.75) is 25.6 Å². The van der Waals surface area contributed by atoms with E-state index in [-0.39, 0.29) is 0 Å². The van der Waals surface area contributed by atoms with Gasteiger partial charge in [-0.15, -0.1) is 0 Å². The Labute approximate surface area is 144 Å². The van der Waals surface area contributed by atoms with Gasteiger partial charge in [-0.25, -0.2) is 4.79 Å². The summed E-state index contributed by atoms with van der Waals surface area (Å²) in [6.45, 7) is 4.13. The van der Waals surface area contributed by atoms with Crippen molar-refractivity contribution in [1.82, 2.24) is 9.80 Å². The Bertz CT molecular complexity index is 622. The summed E-state index contributed by atoms with van der Waals surface area (Å²) in [4.78, 5) is 16.5. The summed E-state index contributed by atoms with van der Waals surface area (Å²) in [5, 5.41) is 9.00. The molecule has 2 fully saturated rings. The summed E-state index contributed by atoms with van der Waals surface area (Å²) in [5.74, 6) is 0. The van der Waals surface area contributed by atoms with E-state index in [1.807, 2.05) is 4.90 Å². The van der Waals surface area contributed by atoms with Crippen molar-refractivity contribution in [2.75, 3.05) is 44.2 Å². The van der Waals surface area contributed by atoms with Gasteiger partial charge in [-0.3, -0.25) is 4.90 Å². The average Bonchev–Trinajstić information content (AvgIpc) is 3.09. The summed E-state index contributed by atoms with van der Waals surface area (Å²) in [5.41, 5.74) is 0.917. The quantitative estimate of drug-likeness (QED) is 0.903. The average molecular weight is 357 g/mol. The Morgan fingerprint density at radius 1 is 1.04 bits per heavy atom. The zero-order valence-electron chi connectivity index (χ0n) is 13.9. The molecule has 1 N–H and O–H groups in total. The SMILES string of the molecule is O=C(O)N1CCN(Cc2ccc(C(F)(F)F)cc2N2CCCC2)CC1. The fraction of sp³-hybridized carbons (Fsp3) is 0.588. The maximum atomic E-state index is 13.1. The number of nitrogens with zero attached hydrogens (tertiary/aromatic N) is 3. The Hall–Kier alpha value is -1.96. The molecule has 2 saturated heterocycles. The number of amides is 1. The van der Waals surface area contributed by atoms with Gasteiger partial charge in [0.25, 0.3) is 0 Å². The molecule has 0 aromatic heterocycles. The highest BCUT2D eigenvalue weighted by Gasteiger charge is 2.32. The van der Waals surface area contributed by atoms with Crippen LogP contribution in [-0.2, 0) is 12.7 Å². The first-order valence-electron chi connectivity index (χ1n) is 8.50. The molecular formula is C17H22F3N3O2. The maximum absolute atomic E-state index is 13.1. The molecule has 1 amide bonds. The van der Waals surface area contributed by atoms with Crippen LogP contribution in [0.15, 0.2) is 18.2 Å². The summed E-state index contributed by atoms with van der Waals surface area (Å²) in [6, 6.07) is 3.97. The number of hydrogen-bond donors (Lipinski definition) is 1. The van der Waals surface area contributed by atoms with Gasteiger partial charge in [0.15, 0.2) is 0 Å². The maximum Gasteiger partial charge on any atom is 0.416 e. The Kier molecular flexibility index (Phi) is 5.08. The van der Waals surface area contributed by atoms with Gasteiger partial charge in [0, 0.05) is 51.5 Å². The predicted molar refractivity (Wildman–Crippen MR) is 87.8 cm³/mol. The zero-order valence-corrected chi connectivity index (χ0v) is 13.9. The van der Waals surface area contributed by atoms with Crippen molar-refractivity contribution in [3.63, 3.8) is 0 Å². The van der Waals surface area contributed by atoms with E-state index in [1.165, 1.54) is 11.0 Å². The molecule has 0 saturated carbocycles. The van der Waals surface area contributed by atoms with Crippen LogP contribution in [0.1, 0.15) is 24.0 Å². The van der Waals surface area contributed by atoms with Crippen LogP contribution in [0.4, 0.5) is 23.7 Å². The second-order valence-electron chi connectivity index (χ2n) is 6.58. The lowest BCUT2D eigenvalue weighted by Gasteiger charge is -2.34. The summed E-state index contributed by atoms with van der Waals surface area (Å²) in [6.07, 6.45) is -3.29. The van der Waals surface area contributed by atoms with Crippen LogP contribution in [-0.4, -0.2) is 60.3 Å². The van der Waals surface area contributed by atoms with Crippen LogP contribution in [0.5, 0.6) is 0 Å². The molecule has 2 heterocycles. The molecule has 3 rings (SSSR count). The van der Waals surface area contributed by atoms with E-state index in [9.17, 15) is 18.0 Å². The first-order valence-corrected chi connectivity index (χ1v) is 8.50. The minimum absolute atomic E-state index is 0.426. The van der Waals surface area contributed by atoms with Crippen LogP contribution in [0.2, 0.25) is 0 Å². The van der Waals surface area contributed by atoms with Gasteiger partial charge < -0.3 is 14.9 Å². The fourth-order valence-corrected chi connectivity index (χ4v) is 3.46. The standard InChI is InChI=1S/C17H22F3N3O2/c18-17(19,20)14-4-3-13(15(11-14)22-5-1-2-6-22)12-21-7-9-23(10-8-21)16(24)25/h3-4,11H,1-2,5-10,12H2,(H,24,25). The number of halogens is 3. The second kappa shape index (κ2) is 7.11. The van der Waals surface area contributed by atoms with Crippen LogP contribution in [0, 0.1) is 0 Å². The van der Waals surface area contributed by atoms with Crippen LogP contribution in [0.25, 0.3) is 0 Å². The number of benzene rings is 1. The molecule has 5 nitrogen and oxygen atoms in total. The minimum atomic E-state index is -4.35. The molecular weight excluding hydrogens is 335 g/mol. The molecule has 1 aromatic carbocycles. The van der Waals surface area contributed by atoms with Gasteiger partial charge in [-0.2, -0.15) is 13.2 Å². The smallest absolute Gasteiger partial charge is 0.416 e. The zero-order chi connectivity index (χ0) is 18.0. The van der Waals surface area contributed by atoms with Crippen molar-refractivity contribution in [3.8, 4) is 0 Å². The van der Waals surface area contributed by atoms with E-state index in [4.69, 9.17) is 5.11 Å². The molecule has 8 heteroatoms. The van der Waals surface area contributed by atoms with Gasteiger partial charge in [-0.1, -0.05) is 6.07 Å². The Balaban J connectivity index is 1.77. The van der Waals surface area contributed by atoms with Gasteiger partial charge in [0.1, 0.15) is 0 Å². The third kappa shape index (κ3) is 4.18. The topological polar surface area (TPSA) is 47.0 Å². The first-order chi connectivity index (χ1) is 11.8. The van der Waals surface area contributed by atoms with E-state index < -0.39 is 17.8 Å². The number of hydrogen-bond acceptors (Lipinski definition) is 3. The molecule has 1 aromatic rings. The molecule has 0 spiro atoms. The summed E-state index contributed by atoms with van der Waals surface area (Å²) >= 11 is 0. The highest BCUT2D eigenvalue weighted by Crippen LogP contribution is 2.35. The normalized spacial score (nSPS) is 19.5. The van der Waals surface area contributed by atoms with Crippen LogP contribution < -0.4 is 4.90 Å². The lowest BCUT2D eigenvalue weighted by Crippen LogP contribution is -2.47. The Morgan fingerprint density at radius 2 is 1.68 bits per heavy atom. The first kappa shape index (κ1) is 17.8. The fourth-order valence-electron chi connectivity index (χ4n) is 3.46. The van der Waals surface area contributed by atoms with Gasteiger partial charge in [0.05, 0.1) is 5.56 Å². The van der Waals surface area contributed by atoms with Gasteiger partial charge in [-0.05, 0) is 30.5 Å². The summed E-state index contributed by atoms with van der Waals surface area (Å²) in [7, 11) is 0. The molecule has 0 unspecified atom stereocenters. The molecule has 0 aliphatic carbocycles. The number of piperazine rings is 1. The van der Waals surface area contributed by atoms with Crippen LogP contribution >= 0.6 is 0 Å². The number of alkyl halides is 3. The lowest BCUT2D eigenvalue weighted by molar-refractivity contribution is -0.137. The summed E-state index contributed by atoms with van der Waals surface area (Å²) < 4.78 is 39.2. The van der Waals surface area contributed by atoms with Crippen molar-refractivity contribution in [3.05, 3.63) is 29.3 Å². The molecule has 0 radical (unpaired) electrons. The third-order valence-corrected chi connectivity index (χ3v) is 4.90. The molecule has 2 aliphatic rings. The van der Waals surface area contributed by atoms with Crippen LogP contribution in [0.3, 0.4) is 0 Å². The molecule has 0 bridgehead atoms. The minimum Gasteiger partial charge on any atom is -0.465 e. The van der Waals surface area contributed by atoms with Crippen molar-refractivity contribution in [1.29, 1.82) is 0 Å².